The number of benzene rings is 2. The van der Waals surface area contributed by atoms with Gasteiger partial charge in [-0.25, -0.2) is 9.78 Å². The number of phenolic OH excluding ortho intramolecular Hbond substituents is 1. The van der Waals surface area contributed by atoms with Crippen molar-refractivity contribution in [1.82, 2.24) is 31.2 Å². The number of phenols is 1. The van der Waals surface area contributed by atoms with Crippen LogP contribution in [0.3, 0.4) is 0 Å². The average molecular weight is 721 g/mol. The highest BCUT2D eigenvalue weighted by atomic mass is 16.4. The number of nitrogens with zero attached hydrogens (tertiary/aromatic N) is 2. The number of carboxylic acid groups (broad SMARTS) is 1. The molecule has 0 fully saturated rings. The van der Waals surface area contributed by atoms with Crippen molar-refractivity contribution in [3.8, 4) is 5.75 Å². The smallest absolute Gasteiger partial charge is 0.326 e. The number of H-pyrrole nitrogens is 1. The van der Waals surface area contributed by atoms with Gasteiger partial charge in [0.1, 0.15) is 29.9 Å². The number of guanidine groups is 1. The zero-order valence-corrected chi connectivity index (χ0v) is 29.1. The molecule has 5 atom stereocenters. The number of carbonyl (C=O) groups is 5. The Labute approximate surface area is 301 Å². The molecule has 3 rings (SSSR count). The Balaban J connectivity index is 1.82. The second-order valence-corrected chi connectivity index (χ2v) is 12.6. The standard InChI is InChI=1S/C35H48N10O7/c1-20(2)29(33(50)44-28(34(51)52)16-21-7-4-3-5-8-21)45-32(49)27(15-22-10-12-24(46)13-11-22)43-31(48)26(9-6-14-40-35(37)38)42-30(47)25(36)17-23-18-39-19-41-23/h3-5,7-8,10-13,18-20,25-29,46H,6,9,14-17,36H2,1-2H3,(H,39,41)(H,42,47)(H,43,48)(H,44,50)(H,45,49)(H,51,52)(H4,37,38,40)/t25-,26-,27-,28-,29-/m0/s1. The molecule has 0 radical (unpaired) electrons. The summed E-state index contributed by atoms with van der Waals surface area (Å²) in [6, 6.07) is 8.82. The van der Waals surface area contributed by atoms with E-state index in [0.717, 1.165) is 0 Å². The summed E-state index contributed by atoms with van der Waals surface area (Å²) in [5, 5.41) is 30.2. The van der Waals surface area contributed by atoms with Gasteiger partial charge in [0.05, 0.1) is 12.4 Å². The van der Waals surface area contributed by atoms with E-state index >= 15 is 0 Å². The number of carbonyl (C=O) groups excluding carboxylic acids is 4. The number of imidazole rings is 1. The van der Waals surface area contributed by atoms with Gasteiger partial charge < -0.3 is 53.7 Å². The van der Waals surface area contributed by atoms with Crippen molar-refractivity contribution in [3.05, 3.63) is 83.9 Å². The molecule has 1 aromatic heterocycles. The lowest BCUT2D eigenvalue weighted by molar-refractivity contribution is -0.142. The monoisotopic (exact) mass is 720 g/mol. The number of rotatable bonds is 20. The van der Waals surface area contributed by atoms with Crippen LogP contribution < -0.4 is 38.5 Å². The van der Waals surface area contributed by atoms with Crippen LogP contribution in [-0.2, 0) is 43.2 Å². The Bertz CT molecular complexity index is 1650. The highest BCUT2D eigenvalue weighted by Crippen LogP contribution is 2.13. The van der Waals surface area contributed by atoms with Gasteiger partial charge >= 0.3 is 5.97 Å². The molecule has 0 spiro atoms. The molecule has 52 heavy (non-hydrogen) atoms. The van der Waals surface area contributed by atoms with Crippen LogP contribution in [0.15, 0.2) is 72.1 Å². The lowest BCUT2D eigenvalue weighted by Gasteiger charge is -2.28. The molecular formula is C35H48N10O7. The van der Waals surface area contributed by atoms with E-state index in [4.69, 9.17) is 17.2 Å². The Morgan fingerprint density at radius 1 is 0.788 bits per heavy atom. The van der Waals surface area contributed by atoms with Crippen LogP contribution >= 0.6 is 0 Å². The van der Waals surface area contributed by atoms with E-state index in [9.17, 15) is 34.2 Å². The van der Waals surface area contributed by atoms with Crippen molar-refractivity contribution in [2.45, 2.75) is 76.2 Å². The fourth-order valence-electron chi connectivity index (χ4n) is 5.23. The van der Waals surface area contributed by atoms with E-state index in [1.807, 2.05) is 0 Å². The van der Waals surface area contributed by atoms with Crippen LogP contribution in [0.5, 0.6) is 5.75 Å². The fraction of sp³-hybridized carbons (Fsp3) is 0.400. The highest BCUT2D eigenvalue weighted by molar-refractivity contribution is 5.95. The summed E-state index contributed by atoms with van der Waals surface area (Å²) >= 11 is 0. The highest BCUT2D eigenvalue weighted by Gasteiger charge is 2.33. The maximum Gasteiger partial charge on any atom is 0.326 e. The molecule has 1 heterocycles. The molecule has 17 heteroatoms. The molecule has 0 aliphatic rings. The topological polar surface area (TPSA) is 293 Å². The van der Waals surface area contributed by atoms with E-state index in [1.165, 1.54) is 24.7 Å². The molecule has 0 saturated carbocycles. The third-order valence-electron chi connectivity index (χ3n) is 8.06. The Hall–Kier alpha value is -5.97. The number of amides is 4. The predicted molar refractivity (Wildman–Crippen MR) is 192 cm³/mol. The predicted octanol–water partition coefficient (Wildman–Crippen LogP) is -0.796. The van der Waals surface area contributed by atoms with Gasteiger partial charge in [-0.05, 0) is 42.0 Å². The summed E-state index contributed by atoms with van der Waals surface area (Å²) in [5.74, 6) is -4.70. The van der Waals surface area contributed by atoms with Gasteiger partial charge in [-0.15, -0.1) is 0 Å². The second kappa shape index (κ2) is 20.0. The van der Waals surface area contributed by atoms with Gasteiger partial charge in [-0.1, -0.05) is 56.3 Å². The second-order valence-electron chi connectivity index (χ2n) is 12.6. The van der Waals surface area contributed by atoms with Gasteiger partial charge in [0.25, 0.3) is 0 Å². The van der Waals surface area contributed by atoms with Crippen molar-refractivity contribution < 1.29 is 34.2 Å². The minimum atomic E-state index is -1.28. The summed E-state index contributed by atoms with van der Waals surface area (Å²) in [6.07, 6.45) is 3.40. The lowest BCUT2D eigenvalue weighted by atomic mass is 9.99. The fourth-order valence-corrected chi connectivity index (χ4v) is 5.23. The number of carboxylic acids is 1. The van der Waals surface area contributed by atoms with Crippen LogP contribution in [0.1, 0.15) is 43.5 Å². The largest absolute Gasteiger partial charge is 0.508 e. The van der Waals surface area contributed by atoms with Crippen LogP contribution in [-0.4, -0.2) is 92.5 Å². The SMILES string of the molecule is CC(C)[C@H](NC(=O)[C@H](Cc1ccc(O)cc1)NC(=O)[C@H](CCCN=C(N)N)NC(=O)[C@@H](N)Cc1cnc[nH]1)C(=O)N[C@@H](Cc1ccccc1)C(=O)O. The van der Waals surface area contributed by atoms with Crippen LogP contribution in [0, 0.1) is 5.92 Å². The maximum atomic E-state index is 13.9. The van der Waals surface area contributed by atoms with Gasteiger partial charge in [-0.3, -0.25) is 24.2 Å². The molecule has 0 aliphatic carbocycles. The third-order valence-corrected chi connectivity index (χ3v) is 8.06. The van der Waals surface area contributed by atoms with Crippen molar-refractivity contribution in [3.63, 3.8) is 0 Å². The maximum absolute atomic E-state index is 13.9. The Morgan fingerprint density at radius 2 is 1.38 bits per heavy atom. The number of aliphatic carboxylic acids is 1. The molecule has 3 aromatic rings. The number of nitrogens with one attached hydrogen (secondary N) is 5. The molecule has 280 valence electrons. The summed E-state index contributed by atoms with van der Waals surface area (Å²) in [4.78, 5) is 77.1. The number of hydrogen-bond donors (Lipinski definition) is 10. The summed E-state index contributed by atoms with van der Waals surface area (Å²) < 4.78 is 0. The van der Waals surface area contributed by atoms with Gasteiger partial charge in [0.2, 0.25) is 23.6 Å². The minimum absolute atomic E-state index is 0.0103. The molecule has 4 amide bonds. The van der Waals surface area contributed by atoms with E-state index in [-0.39, 0.29) is 50.4 Å². The summed E-state index contributed by atoms with van der Waals surface area (Å²) in [5.41, 5.74) is 18.8. The van der Waals surface area contributed by atoms with Crippen LogP contribution in [0.25, 0.3) is 0 Å². The molecular weight excluding hydrogens is 672 g/mol. The van der Waals surface area contributed by atoms with Crippen molar-refractivity contribution >= 4 is 35.6 Å². The average Bonchev–Trinajstić information content (AvgIpc) is 3.61. The lowest BCUT2D eigenvalue weighted by Crippen LogP contribution is -2.60. The van der Waals surface area contributed by atoms with Crippen molar-refractivity contribution in [2.75, 3.05) is 6.54 Å². The van der Waals surface area contributed by atoms with E-state index in [0.29, 0.717) is 16.8 Å². The first-order chi connectivity index (χ1) is 24.7. The molecule has 0 saturated heterocycles. The van der Waals surface area contributed by atoms with Crippen molar-refractivity contribution in [2.24, 2.45) is 28.1 Å². The third kappa shape index (κ3) is 13.4. The van der Waals surface area contributed by atoms with Gasteiger partial charge in [0, 0.05) is 37.7 Å². The summed E-state index contributed by atoms with van der Waals surface area (Å²) in [6.45, 7) is 3.52. The first-order valence-electron chi connectivity index (χ1n) is 16.8. The van der Waals surface area contributed by atoms with E-state index in [2.05, 4.69) is 36.2 Å². The van der Waals surface area contributed by atoms with E-state index in [1.54, 1.807) is 56.3 Å². The van der Waals surface area contributed by atoms with Gasteiger partial charge in [-0.2, -0.15) is 0 Å². The zero-order chi connectivity index (χ0) is 38.2. The number of aliphatic imine (C=N–C) groups is 1. The number of hydrogen-bond acceptors (Lipinski definition) is 9. The van der Waals surface area contributed by atoms with Crippen LogP contribution in [0.2, 0.25) is 0 Å². The van der Waals surface area contributed by atoms with Crippen LogP contribution in [0.4, 0.5) is 0 Å². The Kier molecular flexibility index (Phi) is 15.6. The molecule has 13 N–H and O–H groups in total. The molecule has 0 unspecified atom stereocenters. The molecule has 0 aliphatic heterocycles. The molecule has 0 bridgehead atoms. The summed E-state index contributed by atoms with van der Waals surface area (Å²) in [7, 11) is 0. The number of aromatic nitrogens is 2. The molecule has 17 nitrogen and oxygen atoms in total. The first-order valence-corrected chi connectivity index (χ1v) is 16.8. The molecule has 2 aromatic carbocycles. The zero-order valence-electron chi connectivity index (χ0n) is 29.1. The minimum Gasteiger partial charge on any atom is -0.508 e. The normalized spacial score (nSPS) is 13.8. The first kappa shape index (κ1) is 40.5. The van der Waals surface area contributed by atoms with E-state index < -0.39 is 65.7 Å². The quantitative estimate of drug-likeness (QED) is 0.0392. The Morgan fingerprint density at radius 3 is 1.98 bits per heavy atom. The number of aromatic amines is 1. The number of aromatic hydroxyl groups is 1. The van der Waals surface area contributed by atoms with Crippen molar-refractivity contribution in [1.29, 1.82) is 0 Å². The number of nitrogens with two attached hydrogens (primary N) is 3. The van der Waals surface area contributed by atoms with Gasteiger partial charge in [0.15, 0.2) is 5.96 Å².